The van der Waals surface area contributed by atoms with Gasteiger partial charge in [-0.3, -0.25) is 14.4 Å². The number of amides is 2. The number of carbonyl (C=O) groups excluding carboxylic acids is 3. The molecule has 0 bridgehead atoms. The molecule has 1 aliphatic rings. The molecule has 0 spiro atoms. The van der Waals surface area contributed by atoms with Crippen LogP contribution in [0.2, 0.25) is 10.0 Å². The molecule has 3 N–H and O–H groups in total. The van der Waals surface area contributed by atoms with Crippen LogP contribution in [0.25, 0.3) is 0 Å². The zero-order chi connectivity index (χ0) is 25.6. The summed E-state index contributed by atoms with van der Waals surface area (Å²) in [7, 11) is 1.54. The highest BCUT2D eigenvalue weighted by molar-refractivity contribution is 6.50. The molecule has 0 aromatic heterocycles. The van der Waals surface area contributed by atoms with Crippen molar-refractivity contribution in [2.75, 3.05) is 26.0 Å². The van der Waals surface area contributed by atoms with Gasteiger partial charge in [0.2, 0.25) is 11.8 Å². The van der Waals surface area contributed by atoms with Gasteiger partial charge in [0.05, 0.1) is 36.0 Å². The molecule has 1 saturated heterocycles. The van der Waals surface area contributed by atoms with Crippen molar-refractivity contribution >= 4 is 59.8 Å². The molecule has 0 saturated carbocycles. The minimum atomic E-state index is -2.10. The molecule has 0 aliphatic carbocycles. The Labute approximate surface area is 208 Å². The van der Waals surface area contributed by atoms with Gasteiger partial charge < -0.3 is 29.9 Å². The van der Waals surface area contributed by atoms with Crippen LogP contribution in [0.1, 0.15) is 33.1 Å². The molecule has 10 nitrogen and oxygen atoms in total. The summed E-state index contributed by atoms with van der Waals surface area (Å²) < 4.78 is 11.0. The maximum Gasteiger partial charge on any atom is 0.552 e. The van der Waals surface area contributed by atoms with E-state index < -0.39 is 55.3 Å². The van der Waals surface area contributed by atoms with E-state index >= 15 is 0 Å². The van der Waals surface area contributed by atoms with Crippen molar-refractivity contribution in [3.05, 3.63) is 28.2 Å². The molecule has 0 radical (unpaired) electrons. The Morgan fingerprint density at radius 3 is 2.53 bits per heavy atom. The SMILES string of the molecule is CC(C)C[C@H](NC(=O)CNc1cc(Cl)ccc1Cl)B1OC(=O)C[C@](CC(=O)N(C)C)(C(=O)O)O1. The average molecular weight is 516 g/mol. The Kier molecular flexibility index (Phi) is 9.60. The molecule has 1 aliphatic heterocycles. The highest BCUT2D eigenvalue weighted by atomic mass is 35.5. The van der Waals surface area contributed by atoms with E-state index in [4.69, 9.17) is 32.5 Å². The summed E-state index contributed by atoms with van der Waals surface area (Å²) in [5, 5.41) is 16.2. The molecule has 2 rings (SSSR count). The molecule has 0 unspecified atom stereocenters. The molecule has 1 aromatic carbocycles. The first-order valence-corrected chi connectivity index (χ1v) is 11.4. The van der Waals surface area contributed by atoms with Gasteiger partial charge in [-0.1, -0.05) is 37.0 Å². The first-order chi connectivity index (χ1) is 15.8. The fourth-order valence-corrected chi connectivity index (χ4v) is 3.73. The van der Waals surface area contributed by atoms with Crippen molar-refractivity contribution in [2.45, 2.75) is 44.7 Å². The second-order valence-electron chi connectivity index (χ2n) is 8.70. The molecule has 2 amide bonds. The van der Waals surface area contributed by atoms with Gasteiger partial charge in [0, 0.05) is 19.1 Å². The summed E-state index contributed by atoms with van der Waals surface area (Å²) in [6.45, 7) is 3.58. The van der Waals surface area contributed by atoms with E-state index in [1.807, 2.05) is 13.8 Å². The standard InChI is InChI=1S/C21H28BCl2N3O7/c1-12(2)7-16(26-17(28)11-25-15-8-13(23)5-6-14(15)24)22-33-19(30)10-21(34-22,20(31)32)9-18(29)27(3)4/h5-6,8,12,16,25H,7,9-11H2,1-4H3,(H,26,28)(H,31,32)/t16-,21+/m0/s1. The van der Waals surface area contributed by atoms with Crippen molar-refractivity contribution in [1.82, 2.24) is 10.2 Å². The fourth-order valence-electron chi connectivity index (χ4n) is 3.38. The number of benzene rings is 1. The molecule has 2 atom stereocenters. The van der Waals surface area contributed by atoms with Crippen molar-refractivity contribution in [2.24, 2.45) is 5.92 Å². The van der Waals surface area contributed by atoms with Gasteiger partial charge in [0.1, 0.15) is 0 Å². The Morgan fingerprint density at radius 2 is 1.94 bits per heavy atom. The Balaban J connectivity index is 2.19. The van der Waals surface area contributed by atoms with Crippen molar-refractivity contribution < 1.29 is 33.6 Å². The summed E-state index contributed by atoms with van der Waals surface area (Å²) in [4.78, 5) is 50.6. The number of hydrogen-bond acceptors (Lipinski definition) is 7. The number of aliphatic carboxylic acids is 1. The third kappa shape index (κ3) is 7.51. The topological polar surface area (TPSA) is 134 Å². The van der Waals surface area contributed by atoms with Gasteiger partial charge in [-0.2, -0.15) is 0 Å². The van der Waals surface area contributed by atoms with Crippen LogP contribution in [-0.4, -0.2) is 73.1 Å². The van der Waals surface area contributed by atoms with Crippen LogP contribution in [0.3, 0.4) is 0 Å². The van der Waals surface area contributed by atoms with Crippen molar-refractivity contribution in [1.29, 1.82) is 0 Å². The van der Waals surface area contributed by atoms with Gasteiger partial charge in [-0.25, -0.2) is 4.79 Å². The summed E-state index contributed by atoms with van der Waals surface area (Å²) in [6.07, 6.45) is -0.868. The summed E-state index contributed by atoms with van der Waals surface area (Å²) in [5.74, 6) is -4.12. The third-order valence-corrected chi connectivity index (χ3v) is 5.68. The smallest absolute Gasteiger partial charge is 0.508 e. The number of hydrogen-bond donors (Lipinski definition) is 3. The van der Waals surface area contributed by atoms with Gasteiger partial charge >= 0.3 is 13.1 Å². The van der Waals surface area contributed by atoms with Gasteiger partial charge in [0.25, 0.3) is 5.97 Å². The summed E-state index contributed by atoms with van der Waals surface area (Å²) in [6, 6.07) is 4.76. The fraction of sp³-hybridized carbons (Fsp3) is 0.524. The van der Waals surface area contributed by atoms with Crippen molar-refractivity contribution in [3.63, 3.8) is 0 Å². The van der Waals surface area contributed by atoms with Crippen LogP contribution in [0.15, 0.2) is 18.2 Å². The minimum absolute atomic E-state index is 0.0347. The van der Waals surface area contributed by atoms with E-state index in [0.29, 0.717) is 22.2 Å². The number of carboxylic acid groups (broad SMARTS) is 1. The lowest BCUT2D eigenvalue weighted by Gasteiger charge is -2.38. The van der Waals surface area contributed by atoms with E-state index in [-0.39, 0.29) is 12.5 Å². The highest BCUT2D eigenvalue weighted by Gasteiger charge is 2.54. The summed E-state index contributed by atoms with van der Waals surface area (Å²) in [5.41, 5.74) is -1.65. The van der Waals surface area contributed by atoms with Gasteiger partial charge in [0.15, 0.2) is 5.60 Å². The van der Waals surface area contributed by atoms with Crippen LogP contribution < -0.4 is 10.6 Å². The number of carboxylic acids is 1. The van der Waals surface area contributed by atoms with Crippen LogP contribution in [0.4, 0.5) is 5.69 Å². The van der Waals surface area contributed by atoms with Crippen molar-refractivity contribution in [3.8, 4) is 0 Å². The molecule has 1 fully saturated rings. The maximum absolute atomic E-state index is 12.7. The first-order valence-electron chi connectivity index (χ1n) is 10.6. The lowest BCUT2D eigenvalue weighted by atomic mass is 9.70. The van der Waals surface area contributed by atoms with Crippen LogP contribution in [0, 0.1) is 5.92 Å². The molecular weight excluding hydrogens is 488 g/mol. The second-order valence-corrected chi connectivity index (χ2v) is 9.54. The predicted molar refractivity (Wildman–Crippen MR) is 128 cm³/mol. The Hall–Kier alpha value is -2.50. The van der Waals surface area contributed by atoms with Gasteiger partial charge in [-0.05, 0) is 30.5 Å². The van der Waals surface area contributed by atoms with E-state index in [2.05, 4.69) is 10.6 Å². The number of nitrogens with zero attached hydrogens (tertiary/aromatic N) is 1. The molecule has 13 heteroatoms. The molecular formula is C21H28BCl2N3O7. The van der Waals surface area contributed by atoms with Gasteiger partial charge in [-0.15, -0.1) is 0 Å². The molecule has 1 heterocycles. The lowest BCUT2D eigenvalue weighted by molar-refractivity contribution is -0.173. The largest absolute Gasteiger partial charge is 0.552 e. The zero-order valence-corrected chi connectivity index (χ0v) is 20.9. The Bertz CT molecular complexity index is 947. The maximum atomic E-state index is 12.7. The highest BCUT2D eigenvalue weighted by Crippen LogP contribution is 2.30. The van der Waals surface area contributed by atoms with Crippen LogP contribution in [-0.2, 0) is 28.5 Å². The number of anilines is 1. The van der Waals surface area contributed by atoms with E-state index in [0.717, 1.165) is 0 Å². The number of carbonyl (C=O) groups is 4. The number of halogens is 2. The zero-order valence-electron chi connectivity index (χ0n) is 19.4. The normalized spacial score (nSPS) is 18.8. The number of rotatable bonds is 10. The summed E-state index contributed by atoms with van der Waals surface area (Å²) >= 11 is 12.1. The first kappa shape index (κ1) is 27.7. The Morgan fingerprint density at radius 1 is 1.26 bits per heavy atom. The lowest BCUT2D eigenvalue weighted by Crippen LogP contribution is -2.62. The van der Waals surface area contributed by atoms with Crippen LogP contribution in [0.5, 0.6) is 0 Å². The monoisotopic (exact) mass is 515 g/mol. The predicted octanol–water partition coefficient (Wildman–Crippen LogP) is 2.23. The van der Waals surface area contributed by atoms with E-state index in [9.17, 15) is 24.3 Å². The second kappa shape index (κ2) is 11.8. The molecule has 34 heavy (non-hydrogen) atoms. The van der Waals surface area contributed by atoms with E-state index in [1.165, 1.54) is 19.0 Å². The minimum Gasteiger partial charge on any atom is -0.508 e. The number of nitrogens with one attached hydrogen (secondary N) is 2. The van der Waals surface area contributed by atoms with Crippen LogP contribution >= 0.6 is 23.2 Å². The quantitative estimate of drug-likeness (QED) is 0.404. The third-order valence-electron chi connectivity index (χ3n) is 5.11. The molecule has 186 valence electrons. The average Bonchev–Trinajstić information content (AvgIpc) is 2.73. The van der Waals surface area contributed by atoms with E-state index in [1.54, 1.807) is 18.2 Å². The molecule has 1 aromatic rings.